The van der Waals surface area contributed by atoms with Gasteiger partial charge in [0, 0.05) is 56.1 Å². The van der Waals surface area contributed by atoms with Crippen molar-refractivity contribution in [2.45, 2.75) is 36.6 Å². The highest BCUT2D eigenvalue weighted by atomic mass is 35.5. The SMILES string of the molecule is COc1nc(N2CCN(C(=O)/C=C/CN3[C@@H]4CC[C@H]3COC4)C3(COC3)C2)c2cnc(-c3cccc(Cl)c3C(F)(F)F)c(F)c2n1. The van der Waals surface area contributed by atoms with E-state index in [2.05, 4.69) is 19.9 Å². The third-order valence-corrected chi connectivity index (χ3v) is 9.62. The first-order valence-corrected chi connectivity index (χ1v) is 15.4. The standard InChI is InChI=1S/C31H31ClF4N6O4/c1-44-29-38-27-21(12-37-26(25(27)33)20-4-2-5-22(32)24(20)31(34,35)36)28(39-29)40-10-11-42(30(15-40)16-46-17-30)23(43)6-3-9-41-18-7-8-19(41)14-45-13-18/h2-6,12,18-19H,7-11,13-17H2,1H3/b6-3+/t18-,19+. The van der Waals surface area contributed by atoms with E-state index in [4.69, 9.17) is 25.8 Å². The van der Waals surface area contributed by atoms with Crippen LogP contribution in [0.2, 0.25) is 5.02 Å². The van der Waals surface area contributed by atoms with E-state index in [0.29, 0.717) is 57.3 Å². The van der Waals surface area contributed by atoms with Gasteiger partial charge < -0.3 is 24.0 Å². The first-order chi connectivity index (χ1) is 22.1. The lowest BCUT2D eigenvalue weighted by atomic mass is 9.91. The van der Waals surface area contributed by atoms with Crippen molar-refractivity contribution >= 4 is 34.2 Å². The Morgan fingerprint density at radius 2 is 1.91 bits per heavy atom. The molecule has 1 aromatic carbocycles. The number of anilines is 1. The molecule has 0 N–H and O–H groups in total. The number of benzene rings is 1. The second-order valence-electron chi connectivity index (χ2n) is 12.0. The van der Waals surface area contributed by atoms with Crippen molar-refractivity contribution in [3.05, 3.63) is 53.0 Å². The van der Waals surface area contributed by atoms with Gasteiger partial charge in [0.25, 0.3) is 0 Å². The number of ether oxygens (including phenoxy) is 3. The van der Waals surface area contributed by atoms with Gasteiger partial charge in [0.1, 0.15) is 22.6 Å². The molecule has 0 aliphatic carbocycles. The van der Waals surface area contributed by atoms with Gasteiger partial charge in [-0.15, -0.1) is 0 Å². The lowest BCUT2D eigenvalue weighted by molar-refractivity contribution is -0.164. The van der Waals surface area contributed by atoms with E-state index < -0.39 is 39.4 Å². The molecule has 2 atom stereocenters. The molecule has 7 rings (SSSR count). The maximum Gasteiger partial charge on any atom is 0.418 e. The van der Waals surface area contributed by atoms with Crippen molar-refractivity contribution in [2.24, 2.45) is 0 Å². The molecule has 1 amide bonds. The predicted molar refractivity (Wildman–Crippen MR) is 160 cm³/mol. The van der Waals surface area contributed by atoms with Crippen LogP contribution in [0.4, 0.5) is 23.4 Å². The molecule has 3 aromatic rings. The summed E-state index contributed by atoms with van der Waals surface area (Å²) in [4.78, 5) is 32.3. The number of morpholine rings is 1. The number of pyridine rings is 1. The molecular weight excluding hydrogens is 632 g/mol. The average molecular weight is 663 g/mol. The number of methoxy groups -OCH3 is 1. The van der Waals surface area contributed by atoms with E-state index >= 15 is 4.39 Å². The zero-order chi connectivity index (χ0) is 32.2. The molecule has 244 valence electrons. The van der Waals surface area contributed by atoms with Crippen LogP contribution < -0.4 is 9.64 Å². The number of nitrogens with zero attached hydrogens (tertiary/aromatic N) is 6. The van der Waals surface area contributed by atoms with Crippen molar-refractivity contribution < 1.29 is 36.6 Å². The largest absolute Gasteiger partial charge is 0.467 e. The van der Waals surface area contributed by atoms with Crippen LogP contribution in [0.1, 0.15) is 18.4 Å². The first kappa shape index (κ1) is 31.0. The zero-order valence-electron chi connectivity index (χ0n) is 24.9. The molecule has 2 bridgehead atoms. The average Bonchev–Trinajstić information content (AvgIpc) is 3.23. The summed E-state index contributed by atoms with van der Waals surface area (Å²) >= 11 is 5.89. The summed E-state index contributed by atoms with van der Waals surface area (Å²) in [6, 6.07) is 4.11. The third-order valence-electron chi connectivity index (χ3n) is 9.30. The Hall–Kier alpha value is -3.59. The Morgan fingerprint density at radius 1 is 1.15 bits per heavy atom. The van der Waals surface area contributed by atoms with Crippen molar-refractivity contribution in [1.29, 1.82) is 0 Å². The number of piperazine rings is 1. The molecule has 4 aliphatic rings. The van der Waals surface area contributed by atoms with Crippen LogP contribution in [0, 0.1) is 5.82 Å². The van der Waals surface area contributed by atoms with Gasteiger partial charge in [0.15, 0.2) is 5.82 Å². The van der Waals surface area contributed by atoms with Crippen molar-refractivity contribution in [1.82, 2.24) is 24.8 Å². The minimum atomic E-state index is -4.85. The van der Waals surface area contributed by atoms with Crippen molar-refractivity contribution in [3.8, 4) is 17.3 Å². The van der Waals surface area contributed by atoms with Gasteiger partial charge in [-0.1, -0.05) is 29.8 Å². The molecule has 1 spiro atoms. The van der Waals surface area contributed by atoms with Gasteiger partial charge in [-0.3, -0.25) is 14.7 Å². The molecule has 0 radical (unpaired) electrons. The van der Waals surface area contributed by atoms with Crippen LogP contribution in [0.5, 0.6) is 6.01 Å². The number of fused-ring (bicyclic) bond motifs is 3. The lowest BCUT2D eigenvalue weighted by Gasteiger charge is -2.55. The number of aromatic nitrogens is 3. The smallest absolute Gasteiger partial charge is 0.418 e. The number of carbonyl (C=O) groups is 1. The van der Waals surface area contributed by atoms with Crippen LogP contribution in [-0.2, 0) is 20.4 Å². The second-order valence-corrected chi connectivity index (χ2v) is 12.4. The highest BCUT2D eigenvalue weighted by molar-refractivity contribution is 6.31. The Labute approximate surface area is 266 Å². The van der Waals surface area contributed by atoms with Gasteiger partial charge in [0.05, 0.1) is 49.5 Å². The number of carbonyl (C=O) groups excluding carboxylic acids is 1. The number of hydrogen-bond acceptors (Lipinski definition) is 9. The van der Waals surface area contributed by atoms with Gasteiger partial charge >= 0.3 is 12.2 Å². The van der Waals surface area contributed by atoms with E-state index in [1.165, 1.54) is 19.4 Å². The molecule has 0 saturated carbocycles. The summed E-state index contributed by atoms with van der Waals surface area (Å²) in [5.74, 6) is -0.895. The summed E-state index contributed by atoms with van der Waals surface area (Å²) in [6.07, 6.45) is 2.16. The summed E-state index contributed by atoms with van der Waals surface area (Å²) in [6.45, 7) is 3.75. The number of amides is 1. The minimum Gasteiger partial charge on any atom is -0.467 e. The lowest BCUT2D eigenvalue weighted by Crippen LogP contribution is -2.72. The Morgan fingerprint density at radius 3 is 2.59 bits per heavy atom. The van der Waals surface area contributed by atoms with Crippen LogP contribution in [0.25, 0.3) is 22.2 Å². The van der Waals surface area contributed by atoms with Gasteiger partial charge in [-0.05, 0) is 18.9 Å². The van der Waals surface area contributed by atoms with E-state index in [-0.39, 0.29) is 22.8 Å². The van der Waals surface area contributed by atoms with Crippen LogP contribution in [-0.4, -0.2) is 108 Å². The van der Waals surface area contributed by atoms with Gasteiger partial charge in [-0.25, -0.2) is 4.39 Å². The van der Waals surface area contributed by atoms with Crippen LogP contribution >= 0.6 is 11.6 Å². The third kappa shape index (κ3) is 5.34. The first-order valence-electron chi connectivity index (χ1n) is 15.0. The van der Waals surface area contributed by atoms with Crippen LogP contribution in [0.3, 0.4) is 0 Å². The summed E-state index contributed by atoms with van der Waals surface area (Å²) < 4.78 is 74.4. The molecular formula is C31H31ClF4N6O4. The van der Waals surface area contributed by atoms with Crippen LogP contribution in [0.15, 0.2) is 36.5 Å². The molecule has 10 nitrogen and oxygen atoms in total. The normalized spacial score (nSPS) is 23.0. The van der Waals surface area contributed by atoms with Gasteiger partial charge in [-0.2, -0.15) is 23.1 Å². The molecule has 4 saturated heterocycles. The number of alkyl halides is 3. The number of hydrogen-bond donors (Lipinski definition) is 0. The Balaban J connectivity index is 1.17. The molecule has 0 unspecified atom stereocenters. The minimum absolute atomic E-state index is 0.118. The maximum absolute atomic E-state index is 16.1. The highest BCUT2D eigenvalue weighted by Gasteiger charge is 2.50. The Bertz CT molecular complexity index is 1690. The summed E-state index contributed by atoms with van der Waals surface area (Å²) in [7, 11) is 1.32. The number of rotatable bonds is 6. The fraction of sp³-hybridized carbons (Fsp3) is 0.484. The molecule has 4 fully saturated rings. The molecule has 15 heteroatoms. The zero-order valence-corrected chi connectivity index (χ0v) is 25.7. The van der Waals surface area contributed by atoms with E-state index in [0.717, 1.165) is 38.2 Å². The van der Waals surface area contributed by atoms with Crippen molar-refractivity contribution in [2.75, 3.05) is 64.6 Å². The fourth-order valence-corrected chi connectivity index (χ4v) is 7.30. The molecule has 2 aromatic heterocycles. The molecule has 46 heavy (non-hydrogen) atoms. The van der Waals surface area contributed by atoms with Gasteiger partial charge in [0.2, 0.25) is 5.91 Å². The number of halogens is 5. The summed E-state index contributed by atoms with van der Waals surface area (Å²) in [5.41, 5.74) is -3.15. The monoisotopic (exact) mass is 662 g/mol. The quantitative estimate of drug-likeness (QED) is 0.282. The fourth-order valence-electron chi connectivity index (χ4n) is 7.01. The molecule has 4 aliphatic heterocycles. The van der Waals surface area contributed by atoms with E-state index in [9.17, 15) is 18.0 Å². The summed E-state index contributed by atoms with van der Waals surface area (Å²) in [5, 5.41) is -0.386. The second kappa shape index (κ2) is 11.9. The Kier molecular flexibility index (Phi) is 8.02. The van der Waals surface area contributed by atoms with E-state index in [1.807, 2.05) is 15.9 Å². The van der Waals surface area contributed by atoms with E-state index in [1.54, 1.807) is 6.08 Å². The van der Waals surface area contributed by atoms with Crippen molar-refractivity contribution in [3.63, 3.8) is 0 Å². The maximum atomic E-state index is 16.1. The predicted octanol–water partition coefficient (Wildman–Crippen LogP) is 4.35. The topological polar surface area (TPSA) is 93.2 Å². The molecule has 6 heterocycles. The highest BCUT2D eigenvalue weighted by Crippen LogP contribution is 2.43.